The highest BCUT2D eigenvalue weighted by atomic mass is 35.5. The summed E-state index contributed by atoms with van der Waals surface area (Å²) < 4.78 is 0. The standard InChI is InChI=1S/C15H15ClN4OS/c1-10(21)14-18-20(12-7-5-11(16)6-8-12)15(17-19(14)2)13-4-3-9-22-13/h3-9,15,17H,1-2H3. The molecule has 1 aromatic carbocycles. The Kier molecular flexibility index (Phi) is 4.15. The predicted octanol–water partition coefficient (Wildman–Crippen LogP) is 3.26. The van der Waals surface area contributed by atoms with Crippen molar-refractivity contribution in [2.75, 3.05) is 12.1 Å². The molecule has 0 aliphatic carbocycles. The first kappa shape index (κ1) is 15.0. The van der Waals surface area contributed by atoms with Crippen LogP contribution < -0.4 is 10.4 Å². The molecular weight excluding hydrogens is 320 g/mol. The van der Waals surface area contributed by atoms with Crippen LogP contribution in [0.3, 0.4) is 0 Å². The second-order valence-electron chi connectivity index (χ2n) is 4.91. The molecule has 1 atom stereocenters. The number of carbonyl (C=O) groups excluding carboxylic acids is 1. The van der Waals surface area contributed by atoms with Crippen LogP contribution in [0.15, 0.2) is 46.9 Å². The molecule has 7 heteroatoms. The average molecular weight is 335 g/mol. The summed E-state index contributed by atoms with van der Waals surface area (Å²) >= 11 is 7.59. The number of rotatable bonds is 3. The molecule has 1 aliphatic rings. The Hall–Kier alpha value is -1.89. The number of hydrogen-bond donors (Lipinski definition) is 1. The maximum atomic E-state index is 11.8. The highest BCUT2D eigenvalue weighted by Gasteiger charge is 2.30. The summed E-state index contributed by atoms with van der Waals surface area (Å²) in [5.41, 5.74) is 4.16. The summed E-state index contributed by atoms with van der Waals surface area (Å²) in [5.74, 6) is 0.265. The van der Waals surface area contributed by atoms with Crippen LogP contribution in [-0.4, -0.2) is 23.7 Å². The van der Waals surface area contributed by atoms with E-state index in [4.69, 9.17) is 11.6 Å². The fourth-order valence-corrected chi connectivity index (χ4v) is 3.14. The van der Waals surface area contributed by atoms with Crippen molar-refractivity contribution >= 4 is 40.2 Å². The molecule has 1 N–H and O–H groups in total. The predicted molar refractivity (Wildman–Crippen MR) is 90.0 cm³/mol. The van der Waals surface area contributed by atoms with E-state index in [1.165, 1.54) is 6.92 Å². The van der Waals surface area contributed by atoms with Crippen molar-refractivity contribution in [3.8, 4) is 0 Å². The number of hydrazone groups is 1. The monoisotopic (exact) mass is 334 g/mol. The first-order valence-electron chi connectivity index (χ1n) is 6.74. The molecule has 5 nitrogen and oxygen atoms in total. The van der Waals surface area contributed by atoms with Gasteiger partial charge in [0.1, 0.15) is 0 Å². The summed E-state index contributed by atoms with van der Waals surface area (Å²) in [6.45, 7) is 1.50. The summed E-state index contributed by atoms with van der Waals surface area (Å²) in [5, 5.41) is 10.7. The number of amidine groups is 1. The van der Waals surface area contributed by atoms with E-state index in [0.717, 1.165) is 10.6 Å². The first-order chi connectivity index (χ1) is 10.6. The van der Waals surface area contributed by atoms with Crippen LogP contribution in [0.5, 0.6) is 0 Å². The topological polar surface area (TPSA) is 47.9 Å². The zero-order valence-corrected chi connectivity index (χ0v) is 13.7. The van der Waals surface area contributed by atoms with Gasteiger partial charge in [0.05, 0.1) is 5.69 Å². The van der Waals surface area contributed by atoms with Gasteiger partial charge in [0, 0.05) is 23.9 Å². The van der Waals surface area contributed by atoms with Gasteiger partial charge >= 0.3 is 0 Å². The number of anilines is 1. The Morgan fingerprint density at radius 3 is 2.64 bits per heavy atom. The Morgan fingerprint density at radius 2 is 2.05 bits per heavy atom. The minimum Gasteiger partial charge on any atom is -0.291 e. The van der Waals surface area contributed by atoms with Gasteiger partial charge in [-0.3, -0.25) is 9.80 Å². The molecule has 0 saturated carbocycles. The number of Topliss-reactive ketones (excluding diaryl/α,β-unsaturated/α-hetero) is 1. The van der Waals surface area contributed by atoms with Crippen molar-refractivity contribution in [2.45, 2.75) is 13.1 Å². The van der Waals surface area contributed by atoms with Crippen LogP contribution >= 0.6 is 22.9 Å². The molecule has 0 bridgehead atoms. The van der Waals surface area contributed by atoms with Gasteiger partial charge in [-0.15, -0.1) is 16.4 Å². The molecule has 1 aromatic heterocycles. The number of hydrazine groups is 1. The number of likely N-dealkylation sites (N-methyl/N-ethyl adjacent to an activating group) is 1. The average Bonchev–Trinajstić information content (AvgIpc) is 3.02. The molecule has 0 spiro atoms. The van der Waals surface area contributed by atoms with E-state index in [1.807, 2.05) is 41.8 Å². The number of carbonyl (C=O) groups is 1. The summed E-state index contributed by atoms with van der Waals surface area (Å²) in [7, 11) is 1.79. The Balaban J connectivity index is 2.06. The molecule has 0 fully saturated rings. The number of ketones is 1. The van der Waals surface area contributed by atoms with Gasteiger partial charge in [0.25, 0.3) is 0 Å². The molecule has 1 unspecified atom stereocenters. The molecule has 2 aromatic rings. The number of hydrogen-bond acceptors (Lipinski definition) is 6. The quantitative estimate of drug-likeness (QED) is 0.936. The Labute approximate surface area is 137 Å². The largest absolute Gasteiger partial charge is 0.291 e. The van der Waals surface area contributed by atoms with Gasteiger partial charge in [0.2, 0.25) is 5.84 Å². The maximum Gasteiger partial charge on any atom is 0.206 e. The molecule has 3 rings (SSSR count). The Morgan fingerprint density at radius 1 is 1.32 bits per heavy atom. The SMILES string of the molecule is CC(=O)C1=NN(c2ccc(Cl)cc2)C(c2cccs2)NN1C. The van der Waals surface area contributed by atoms with Crippen molar-refractivity contribution < 1.29 is 4.79 Å². The van der Waals surface area contributed by atoms with Crippen LogP contribution in [0.4, 0.5) is 5.69 Å². The lowest BCUT2D eigenvalue weighted by molar-refractivity contribution is -0.112. The normalized spacial score (nSPS) is 18.3. The van der Waals surface area contributed by atoms with E-state index < -0.39 is 0 Å². The molecule has 0 saturated heterocycles. The molecule has 114 valence electrons. The van der Waals surface area contributed by atoms with Crippen molar-refractivity contribution in [1.82, 2.24) is 10.4 Å². The van der Waals surface area contributed by atoms with E-state index in [0.29, 0.717) is 10.9 Å². The second kappa shape index (κ2) is 6.08. The van der Waals surface area contributed by atoms with Crippen molar-refractivity contribution in [3.63, 3.8) is 0 Å². The lowest BCUT2D eigenvalue weighted by Crippen LogP contribution is -2.54. The number of thiophene rings is 1. The van der Waals surface area contributed by atoms with Gasteiger partial charge in [-0.25, -0.2) is 10.4 Å². The van der Waals surface area contributed by atoms with E-state index in [1.54, 1.807) is 28.4 Å². The third kappa shape index (κ3) is 2.85. The first-order valence-corrected chi connectivity index (χ1v) is 7.99. The molecule has 0 radical (unpaired) electrons. The van der Waals surface area contributed by atoms with E-state index >= 15 is 0 Å². The second-order valence-corrected chi connectivity index (χ2v) is 6.32. The molecule has 2 heterocycles. The summed E-state index contributed by atoms with van der Waals surface area (Å²) in [4.78, 5) is 12.9. The zero-order valence-electron chi connectivity index (χ0n) is 12.2. The third-order valence-corrected chi connectivity index (χ3v) is 4.48. The fraction of sp³-hybridized carbons (Fsp3) is 0.200. The van der Waals surface area contributed by atoms with Crippen molar-refractivity contribution in [3.05, 3.63) is 51.7 Å². The fourth-order valence-electron chi connectivity index (χ4n) is 2.26. The van der Waals surface area contributed by atoms with Gasteiger partial charge in [-0.1, -0.05) is 17.7 Å². The third-order valence-electron chi connectivity index (χ3n) is 3.30. The van der Waals surface area contributed by atoms with Gasteiger partial charge < -0.3 is 0 Å². The van der Waals surface area contributed by atoms with Crippen LogP contribution in [0.25, 0.3) is 0 Å². The van der Waals surface area contributed by atoms with Gasteiger partial charge in [-0.2, -0.15) is 0 Å². The highest BCUT2D eigenvalue weighted by molar-refractivity contribution is 7.10. The van der Waals surface area contributed by atoms with Crippen molar-refractivity contribution in [2.24, 2.45) is 5.10 Å². The minimum atomic E-state index is -0.172. The molecule has 22 heavy (non-hydrogen) atoms. The van der Waals surface area contributed by atoms with Gasteiger partial charge in [0.15, 0.2) is 11.9 Å². The van der Waals surface area contributed by atoms with Gasteiger partial charge in [-0.05, 0) is 35.7 Å². The van der Waals surface area contributed by atoms with Crippen LogP contribution in [0.2, 0.25) is 5.02 Å². The highest BCUT2D eigenvalue weighted by Crippen LogP contribution is 2.31. The van der Waals surface area contributed by atoms with Crippen LogP contribution in [0.1, 0.15) is 18.0 Å². The van der Waals surface area contributed by atoms with E-state index in [2.05, 4.69) is 10.5 Å². The lowest BCUT2D eigenvalue weighted by Gasteiger charge is -2.38. The number of nitrogens with zero attached hydrogens (tertiary/aromatic N) is 3. The van der Waals surface area contributed by atoms with Crippen LogP contribution in [-0.2, 0) is 4.79 Å². The smallest absolute Gasteiger partial charge is 0.206 e. The summed E-state index contributed by atoms with van der Waals surface area (Å²) in [6.07, 6.45) is -0.172. The number of benzene rings is 1. The number of halogens is 1. The van der Waals surface area contributed by atoms with Crippen LogP contribution in [0, 0.1) is 0 Å². The van der Waals surface area contributed by atoms with Crippen molar-refractivity contribution in [1.29, 1.82) is 0 Å². The lowest BCUT2D eigenvalue weighted by atomic mass is 10.2. The van der Waals surface area contributed by atoms with E-state index in [-0.39, 0.29) is 11.9 Å². The number of nitrogens with one attached hydrogen (secondary N) is 1. The molecule has 1 aliphatic heterocycles. The summed E-state index contributed by atoms with van der Waals surface area (Å²) in [6, 6.07) is 11.4. The maximum absolute atomic E-state index is 11.8. The zero-order chi connectivity index (χ0) is 15.7. The molecular formula is C15H15ClN4OS. The van der Waals surface area contributed by atoms with E-state index in [9.17, 15) is 4.79 Å². The molecule has 0 amide bonds. The minimum absolute atomic E-state index is 0.0985. The Bertz CT molecular complexity index is 699.